The lowest BCUT2D eigenvalue weighted by Crippen LogP contribution is -2.07. The summed E-state index contributed by atoms with van der Waals surface area (Å²) in [7, 11) is 0. The van der Waals surface area contributed by atoms with Gasteiger partial charge in [0.15, 0.2) is 0 Å². The van der Waals surface area contributed by atoms with Crippen molar-refractivity contribution in [1.29, 1.82) is 0 Å². The van der Waals surface area contributed by atoms with Crippen molar-refractivity contribution in [2.75, 3.05) is 0 Å². The largest absolute Gasteiger partial charge is 0.481 e. The van der Waals surface area contributed by atoms with Crippen LogP contribution in [0.3, 0.4) is 0 Å². The number of pyridine rings is 1. The van der Waals surface area contributed by atoms with E-state index in [1.807, 2.05) is 22.6 Å². The number of rotatable bonds is 3. The van der Waals surface area contributed by atoms with Gasteiger partial charge in [-0.25, -0.2) is 8.78 Å². The summed E-state index contributed by atoms with van der Waals surface area (Å²) in [5.74, 6) is -1.17. The number of aromatic nitrogens is 1. The number of aliphatic carboxylic acids is 1. The molecule has 1 heterocycles. The Morgan fingerprint density at radius 3 is 2.73 bits per heavy atom. The van der Waals surface area contributed by atoms with Crippen molar-refractivity contribution in [3.63, 3.8) is 0 Å². The predicted octanol–water partition coefficient (Wildman–Crippen LogP) is 3.01. The Bertz CT molecular complexity index is 400. The van der Waals surface area contributed by atoms with Crippen molar-refractivity contribution in [1.82, 2.24) is 4.98 Å². The van der Waals surface area contributed by atoms with Gasteiger partial charge in [0.25, 0.3) is 6.43 Å². The van der Waals surface area contributed by atoms with E-state index in [1.54, 1.807) is 0 Å². The Morgan fingerprint density at radius 2 is 2.27 bits per heavy atom. The van der Waals surface area contributed by atoms with Gasteiger partial charge in [-0.1, -0.05) is 0 Å². The van der Waals surface area contributed by atoms with E-state index in [1.165, 1.54) is 6.20 Å². The van der Waals surface area contributed by atoms with Gasteiger partial charge in [0.1, 0.15) is 5.69 Å². The Balaban J connectivity index is 3.28. The van der Waals surface area contributed by atoms with E-state index in [4.69, 9.17) is 5.11 Å². The Hall–Kier alpha value is -0.310. The minimum Gasteiger partial charge on any atom is -0.481 e. The zero-order valence-corrected chi connectivity index (χ0v) is 10.9. The van der Waals surface area contributed by atoms with E-state index in [0.29, 0.717) is 8.04 Å². The minimum absolute atomic E-state index is 0.0319. The molecule has 0 radical (unpaired) electrons. The SMILES string of the molecule is O=C(O)Cc1c(C(F)F)ncc(I)c1Br. The summed E-state index contributed by atoms with van der Waals surface area (Å²) in [6.07, 6.45) is -1.96. The van der Waals surface area contributed by atoms with Crippen LogP contribution in [-0.2, 0) is 11.2 Å². The second-order valence-corrected chi connectivity index (χ2v) is 4.61. The maximum Gasteiger partial charge on any atom is 0.307 e. The summed E-state index contributed by atoms with van der Waals surface area (Å²) < 4.78 is 26.0. The van der Waals surface area contributed by atoms with E-state index >= 15 is 0 Å². The molecule has 0 aliphatic rings. The van der Waals surface area contributed by atoms with Crippen molar-refractivity contribution in [2.24, 2.45) is 0 Å². The van der Waals surface area contributed by atoms with Crippen molar-refractivity contribution in [3.05, 3.63) is 25.5 Å². The van der Waals surface area contributed by atoms with Gasteiger partial charge in [-0.05, 0) is 38.5 Å². The molecule has 1 N–H and O–H groups in total. The van der Waals surface area contributed by atoms with Gasteiger partial charge in [0.05, 0.1) is 6.42 Å². The number of carboxylic acid groups (broad SMARTS) is 1. The highest BCUT2D eigenvalue weighted by Gasteiger charge is 2.20. The topological polar surface area (TPSA) is 50.2 Å². The lowest BCUT2D eigenvalue weighted by Gasteiger charge is -2.09. The summed E-state index contributed by atoms with van der Waals surface area (Å²) in [6, 6.07) is 0. The monoisotopic (exact) mass is 391 g/mol. The summed E-state index contributed by atoms with van der Waals surface area (Å²) >= 11 is 4.97. The third-order valence-electron chi connectivity index (χ3n) is 1.64. The van der Waals surface area contributed by atoms with Crippen LogP contribution < -0.4 is 0 Å². The van der Waals surface area contributed by atoms with Gasteiger partial charge in [0.2, 0.25) is 0 Å². The van der Waals surface area contributed by atoms with E-state index in [2.05, 4.69) is 20.9 Å². The molecule has 0 aromatic carbocycles. The van der Waals surface area contributed by atoms with E-state index in [-0.39, 0.29) is 5.56 Å². The fourth-order valence-electron chi connectivity index (χ4n) is 1.02. The molecule has 0 unspecified atom stereocenters. The standard InChI is InChI=1S/C8H5BrF2INO2/c9-6-3(1-5(14)15)7(8(10)11)13-2-4(6)12/h2,8H,1H2,(H,14,15). The molecule has 0 aliphatic carbocycles. The quantitative estimate of drug-likeness (QED) is 0.806. The zero-order valence-electron chi connectivity index (χ0n) is 7.18. The highest BCUT2D eigenvalue weighted by molar-refractivity contribution is 14.1. The second kappa shape index (κ2) is 5.15. The normalized spacial score (nSPS) is 10.7. The Morgan fingerprint density at radius 1 is 1.67 bits per heavy atom. The molecule has 1 rings (SSSR count). The van der Waals surface area contributed by atoms with E-state index in [0.717, 1.165) is 0 Å². The van der Waals surface area contributed by atoms with Crippen molar-refractivity contribution < 1.29 is 18.7 Å². The minimum atomic E-state index is -2.77. The summed E-state index contributed by atoms with van der Waals surface area (Å²) in [5, 5.41) is 8.59. The number of hydrogen-bond donors (Lipinski definition) is 1. The van der Waals surface area contributed by atoms with Gasteiger partial charge >= 0.3 is 5.97 Å². The number of alkyl halides is 2. The molecule has 1 aromatic heterocycles. The number of hydrogen-bond acceptors (Lipinski definition) is 2. The predicted molar refractivity (Wildman–Crippen MR) is 61.0 cm³/mol. The molecule has 0 atom stereocenters. The van der Waals surface area contributed by atoms with Crippen molar-refractivity contribution in [2.45, 2.75) is 12.8 Å². The highest BCUT2D eigenvalue weighted by atomic mass is 127. The van der Waals surface area contributed by atoms with E-state index in [9.17, 15) is 13.6 Å². The van der Waals surface area contributed by atoms with Gasteiger partial charge in [-0.2, -0.15) is 0 Å². The smallest absolute Gasteiger partial charge is 0.307 e. The van der Waals surface area contributed by atoms with Crippen LogP contribution in [0, 0.1) is 3.57 Å². The van der Waals surface area contributed by atoms with Crippen LogP contribution >= 0.6 is 38.5 Å². The first-order valence-electron chi connectivity index (χ1n) is 3.76. The molecule has 7 heteroatoms. The summed E-state index contributed by atoms with van der Waals surface area (Å²) in [4.78, 5) is 14.1. The van der Waals surface area contributed by atoms with Gasteiger partial charge in [-0.15, -0.1) is 0 Å². The molecule has 0 saturated heterocycles. The number of nitrogens with zero attached hydrogens (tertiary/aromatic N) is 1. The lowest BCUT2D eigenvalue weighted by molar-refractivity contribution is -0.136. The van der Waals surface area contributed by atoms with Crippen LogP contribution in [0.25, 0.3) is 0 Å². The summed E-state index contributed by atoms with van der Waals surface area (Å²) in [6.45, 7) is 0. The van der Waals surface area contributed by atoms with E-state index < -0.39 is 24.5 Å². The third kappa shape index (κ3) is 3.07. The van der Waals surface area contributed by atoms with Crippen molar-refractivity contribution >= 4 is 44.5 Å². The number of carbonyl (C=O) groups is 1. The van der Waals surface area contributed by atoms with Crippen LogP contribution in [0.1, 0.15) is 17.7 Å². The Kier molecular flexibility index (Phi) is 4.38. The maximum absolute atomic E-state index is 12.5. The zero-order chi connectivity index (χ0) is 11.6. The number of carboxylic acids is 1. The molecule has 82 valence electrons. The summed E-state index contributed by atoms with van der Waals surface area (Å²) in [5.41, 5.74) is -0.450. The molecule has 0 saturated carbocycles. The van der Waals surface area contributed by atoms with Gasteiger partial charge in [-0.3, -0.25) is 9.78 Å². The molecule has 15 heavy (non-hydrogen) atoms. The first kappa shape index (κ1) is 12.8. The van der Waals surface area contributed by atoms with Gasteiger partial charge < -0.3 is 5.11 Å². The molecule has 0 fully saturated rings. The molecule has 0 bridgehead atoms. The average molecular weight is 392 g/mol. The Labute approximate surface area is 106 Å². The van der Waals surface area contributed by atoms with Crippen LogP contribution in [-0.4, -0.2) is 16.1 Å². The van der Waals surface area contributed by atoms with Gasteiger partial charge in [0, 0.05) is 19.8 Å². The molecular weight excluding hydrogens is 387 g/mol. The first-order chi connectivity index (χ1) is 6.93. The maximum atomic E-state index is 12.5. The fourth-order valence-corrected chi connectivity index (χ4v) is 1.94. The molecule has 0 amide bonds. The van der Waals surface area contributed by atoms with Crippen LogP contribution in [0.4, 0.5) is 8.78 Å². The number of halogens is 4. The lowest BCUT2D eigenvalue weighted by atomic mass is 10.1. The molecule has 3 nitrogen and oxygen atoms in total. The molecule has 0 aliphatic heterocycles. The third-order valence-corrected chi connectivity index (χ3v) is 4.10. The molecule has 0 spiro atoms. The second-order valence-electron chi connectivity index (χ2n) is 2.66. The van der Waals surface area contributed by atoms with Crippen LogP contribution in [0.15, 0.2) is 10.7 Å². The highest BCUT2D eigenvalue weighted by Crippen LogP contribution is 2.30. The molecular formula is C8H5BrF2INO2. The fraction of sp³-hybridized carbons (Fsp3) is 0.250. The van der Waals surface area contributed by atoms with Crippen molar-refractivity contribution in [3.8, 4) is 0 Å². The molecule has 1 aromatic rings. The van der Waals surface area contributed by atoms with Crippen LogP contribution in [0.2, 0.25) is 0 Å². The van der Waals surface area contributed by atoms with Crippen LogP contribution in [0.5, 0.6) is 0 Å². The average Bonchev–Trinajstić information content (AvgIpc) is 2.12. The first-order valence-corrected chi connectivity index (χ1v) is 5.63.